The molecule has 5 heterocycles. The highest BCUT2D eigenvalue weighted by atomic mass is 35.5. The standard InChI is InChI=1S/C68H69N4O.C67H70N4O.2CH4.ClH/c1-65(2,3)50-36-41-69-63(44-50)72-59-31-16-15-28-55(59)56-35-34-53(46-62(56)72)73-54-43-51(66(4,5)6)42-52(45-54)70-47-71(61-33-18-17-32-60(61)70)64-57(67(37-19-9-20-38-67)48-24-11-7-12-25-48)29-23-30-58(64)68(39-21-10-22-40-68)49-26-13-8-14-27-49;1-64(2,3)49-36-41-68-62(44-49)71-60-33-18-15-28-54(60)55-35-34-52(46-61(55)71)72-53-43-50(65(4,5)6)42-51(45-53)69-58-31-16-17-32-59(58)70-63-56(66(37-19-9-20-38-66)47-24-11-7-12-25-47)29-23-30-57(63)67(39-21-10-22-40-67)48-26-13-8-14-27-48;;;/h7-8,11-18,23-36,41-47H,9-10,19-22,37-40H2,1-6H3;7-8,11-18,23-36,41-46,69-70H,9-10,19-22,37-40H2,1-6H3;2*1H4;1H/q+1;;;;/p-1. The summed E-state index contributed by atoms with van der Waals surface area (Å²) in [7, 11) is 0. The molecule has 0 aliphatic heterocycles. The van der Waals surface area contributed by atoms with Crippen molar-refractivity contribution in [1.29, 1.82) is 0 Å². The van der Waals surface area contributed by atoms with Crippen LogP contribution in [0.3, 0.4) is 0 Å². The first kappa shape index (κ1) is 103. The molecule has 4 aliphatic rings. The Morgan fingerprint density at radius 2 is 0.628 bits per heavy atom. The quantitative estimate of drug-likeness (QED) is 0.0740. The van der Waals surface area contributed by atoms with Gasteiger partial charge in [-0.15, -0.1) is 0 Å². The van der Waals surface area contributed by atoms with E-state index in [1.165, 1.54) is 177 Å². The normalized spacial score (nSPS) is 15.6. The number of pyridine rings is 2. The number of hydrogen-bond donors (Lipinski definition) is 2. The molecule has 19 aromatic rings. The van der Waals surface area contributed by atoms with Gasteiger partial charge in [-0.25, -0.2) is 9.97 Å². The van der Waals surface area contributed by atoms with Gasteiger partial charge in [0.05, 0.1) is 33.4 Å². The third kappa shape index (κ3) is 19.6. The van der Waals surface area contributed by atoms with Gasteiger partial charge in [0.1, 0.15) is 46.0 Å². The second-order valence-corrected chi connectivity index (χ2v) is 46.1. The Kier molecular flexibility index (Phi) is 29.0. The first-order valence-electron chi connectivity index (χ1n) is 53.6. The van der Waals surface area contributed by atoms with Crippen LogP contribution in [0.2, 0.25) is 0 Å². The van der Waals surface area contributed by atoms with Gasteiger partial charge < -0.3 is 32.5 Å². The molecule has 4 fully saturated rings. The van der Waals surface area contributed by atoms with Crippen molar-refractivity contribution < 1.29 is 26.4 Å². The minimum Gasteiger partial charge on any atom is -1.00 e. The van der Waals surface area contributed by atoms with Crippen molar-refractivity contribution in [1.82, 2.24) is 23.7 Å². The van der Waals surface area contributed by atoms with Crippen molar-refractivity contribution in [3.8, 4) is 46.0 Å². The van der Waals surface area contributed by atoms with Crippen LogP contribution in [0.5, 0.6) is 23.0 Å². The van der Waals surface area contributed by atoms with Crippen molar-refractivity contribution in [3.05, 3.63) is 437 Å². The number of nitrogens with one attached hydrogen (secondary N) is 2. The molecular weight excluding hydrogens is 1830 g/mol. The maximum absolute atomic E-state index is 7.12. The molecule has 0 atom stereocenters. The Morgan fingerprint density at radius 3 is 1.04 bits per heavy atom. The van der Waals surface area contributed by atoms with E-state index >= 15 is 0 Å². The second kappa shape index (κ2) is 41.9. The van der Waals surface area contributed by atoms with Gasteiger partial charge in [-0.2, -0.15) is 9.13 Å². The van der Waals surface area contributed by atoms with E-state index in [-0.39, 0.29) is 70.6 Å². The molecule has 4 saturated carbocycles. The number of para-hydroxylation sites is 8. The monoisotopic (exact) mass is 1970 g/mol. The third-order valence-electron chi connectivity index (χ3n) is 32.9. The molecular formula is C137H147ClN8O2. The molecule has 0 saturated heterocycles. The van der Waals surface area contributed by atoms with Gasteiger partial charge in [0.2, 0.25) is 0 Å². The van der Waals surface area contributed by atoms with E-state index in [0.717, 1.165) is 142 Å². The fraction of sp³-hybridized carbons (Fsp3) is 0.307. The van der Waals surface area contributed by atoms with Gasteiger partial charge in [-0.1, -0.05) is 393 Å². The summed E-state index contributed by atoms with van der Waals surface area (Å²) in [5, 5.41) is 12.9. The number of halogens is 1. The molecule has 148 heavy (non-hydrogen) atoms. The summed E-state index contributed by atoms with van der Waals surface area (Å²) < 4.78 is 23.7. The van der Waals surface area contributed by atoms with Crippen LogP contribution in [-0.4, -0.2) is 23.7 Å². The largest absolute Gasteiger partial charge is 1.00 e. The predicted octanol–water partition coefficient (Wildman–Crippen LogP) is 34.1. The van der Waals surface area contributed by atoms with Crippen LogP contribution in [0.1, 0.15) is 293 Å². The molecule has 23 rings (SSSR count). The average molecular weight is 1970 g/mol. The summed E-state index contributed by atoms with van der Waals surface area (Å²) in [5.41, 5.74) is 29.0. The molecule has 0 radical (unpaired) electrons. The zero-order chi connectivity index (χ0) is 99.5. The Labute approximate surface area is 885 Å². The van der Waals surface area contributed by atoms with Gasteiger partial charge in [-0.05, 0) is 238 Å². The SMILES string of the molecule is C.C.CC(C)(C)c1cc(Nc2ccccc2Nc2c(C3(c4ccccc4)CCCCC3)cccc2C2(c3ccccc3)CCCCC2)cc(Oc2ccc3c4ccccc4n(-c4cc(C(C)(C)C)ccn4)c3c2)c1.CC(C)(C)c1cc(Oc2ccc3c4ccccc4n(-c4cc(C(C)(C)C)ccn4)c3c2)cc(-n2c[n+](-c3c(C4(c5ccccc5)CCCCC4)cccc3C3(c4ccccc4)CCCCC3)c3ccccc32)c1.[Cl-]. The molecule has 4 aliphatic carbocycles. The van der Waals surface area contributed by atoms with E-state index in [9.17, 15) is 0 Å². The van der Waals surface area contributed by atoms with Crippen LogP contribution >= 0.6 is 0 Å². The lowest BCUT2D eigenvalue weighted by Gasteiger charge is -2.44. The number of benzene rings is 14. The first-order valence-corrected chi connectivity index (χ1v) is 53.6. The molecule has 14 aromatic carbocycles. The number of hydrogen-bond acceptors (Lipinski definition) is 6. The molecule has 2 N–H and O–H groups in total. The lowest BCUT2D eigenvalue weighted by Crippen LogP contribution is -3.00. The molecule has 0 bridgehead atoms. The average Bonchev–Trinajstić information content (AvgIpc) is 1.42. The van der Waals surface area contributed by atoms with E-state index in [1.807, 2.05) is 12.4 Å². The number of fused-ring (bicyclic) bond motifs is 7. The minimum atomic E-state index is -0.154. The van der Waals surface area contributed by atoms with Gasteiger partial charge in [-0.3, -0.25) is 9.13 Å². The molecule has 10 nitrogen and oxygen atoms in total. The third-order valence-corrected chi connectivity index (χ3v) is 32.9. The van der Waals surface area contributed by atoms with Crippen molar-refractivity contribution >= 4 is 77.4 Å². The summed E-state index contributed by atoms with van der Waals surface area (Å²) in [5.74, 6) is 4.94. The number of rotatable bonds is 20. The summed E-state index contributed by atoms with van der Waals surface area (Å²) >= 11 is 0. The van der Waals surface area contributed by atoms with Crippen molar-refractivity contribution in [2.75, 3.05) is 10.6 Å². The van der Waals surface area contributed by atoms with Crippen LogP contribution < -0.4 is 37.1 Å². The Morgan fingerprint density at radius 1 is 0.284 bits per heavy atom. The van der Waals surface area contributed by atoms with Crippen LogP contribution in [0, 0.1) is 0 Å². The molecule has 0 spiro atoms. The van der Waals surface area contributed by atoms with Gasteiger partial charge in [0.15, 0.2) is 11.0 Å². The predicted molar refractivity (Wildman–Crippen MR) is 617 cm³/mol. The van der Waals surface area contributed by atoms with Gasteiger partial charge in [0.25, 0.3) is 6.33 Å². The van der Waals surface area contributed by atoms with Crippen LogP contribution in [0.15, 0.2) is 371 Å². The maximum atomic E-state index is 7.12. The summed E-state index contributed by atoms with van der Waals surface area (Å²) in [6.07, 6.45) is 30.2. The fourth-order valence-electron chi connectivity index (χ4n) is 25.2. The molecule has 0 amide bonds. The van der Waals surface area contributed by atoms with E-state index in [0.29, 0.717) is 0 Å². The number of nitrogens with zero attached hydrogens (tertiary/aromatic N) is 6. The Bertz CT molecular complexity index is 7770. The van der Waals surface area contributed by atoms with Crippen LogP contribution in [-0.2, 0) is 43.3 Å². The lowest BCUT2D eigenvalue weighted by atomic mass is 9.61. The van der Waals surface area contributed by atoms with Gasteiger partial charge in [0, 0.05) is 102 Å². The molecule has 5 aromatic heterocycles. The molecule has 0 unspecified atom stereocenters. The van der Waals surface area contributed by atoms with E-state index in [1.54, 1.807) is 0 Å². The van der Waals surface area contributed by atoms with Crippen LogP contribution in [0.25, 0.3) is 77.7 Å². The topological polar surface area (TPSA) is 87.0 Å². The smallest absolute Gasteiger partial charge is 0.255 e. The highest BCUT2D eigenvalue weighted by Gasteiger charge is 2.48. The summed E-state index contributed by atoms with van der Waals surface area (Å²) in [4.78, 5) is 9.89. The highest BCUT2D eigenvalue weighted by Crippen LogP contribution is 2.57. The molecule has 754 valence electrons. The first-order chi connectivity index (χ1) is 70.3. The molecule has 11 heteroatoms. The highest BCUT2D eigenvalue weighted by molar-refractivity contribution is 6.11. The fourth-order valence-corrected chi connectivity index (χ4v) is 25.2. The maximum Gasteiger partial charge on any atom is 0.255 e. The van der Waals surface area contributed by atoms with E-state index < -0.39 is 0 Å². The number of ether oxygens (including phenoxy) is 2. The Hall–Kier alpha value is -14.1. The minimum absolute atomic E-state index is 0. The number of anilines is 4. The number of imidazole rings is 1. The van der Waals surface area contributed by atoms with Crippen molar-refractivity contribution in [3.63, 3.8) is 0 Å². The summed E-state index contributed by atoms with van der Waals surface area (Å²) in [6, 6.07) is 131. The number of aromatic nitrogens is 6. The van der Waals surface area contributed by atoms with E-state index in [2.05, 4.69) is 470 Å². The zero-order valence-electron chi connectivity index (χ0n) is 87.2. The van der Waals surface area contributed by atoms with Crippen LogP contribution in [0.4, 0.5) is 22.7 Å². The van der Waals surface area contributed by atoms with Crippen molar-refractivity contribution in [2.24, 2.45) is 0 Å². The van der Waals surface area contributed by atoms with Crippen molar-refractivity contribution in [2.45, 2.75) is 270 Å². The van der Waals surface area contributed by atoms with E-state index in [4.69, 9.17) is 19.4 Å². The zero-order valence-corrected chi connectivity index (χ0v) is 88.0. The lowest BCUT2D eigenvalue weighted by molar-refractivity contribution is -0.569. The second-order valence-electron chi connectivity index (χ2n) is 46.1. The Balaban J connectivity index is 0.000000183. The summed E-state index contributed by atoms with van der Waals surface area (Å²) in [6.45, 7) is 27.2. The van der Waals surface area contributed by atoms with Gasteiger partial charge >= 0.3 is 0 Å².